The highest BCUT2D eigenvalue weighted by molar-refractivity contribution is 5.66. The monoisotopic (exact) mass is 458 g/mol. The predicted molar refractivity (Wildman–Crippen MR) is 111 cm³/mol. The van der Waals surface area contributed by atoms with Crippen molar-refractivity contribution in [1.29, 1.82) is 0 Å². The molecule has 0 unspecified atom stereocenters. The van der Waals surface area contributed by atoms with E-state index in [1.165, 1.54) is 18.2 Å². The molecule has 0 radical (unpaired) electrons. The summed E-state index contributed by atoms with van der Waals surface area (Å²) in [5, 5.41) is 39.2. The number of ether oxygens (including phenoxy) is 1. The van der Waals surface area contributed by atoms with Crippen LogP contribution in [0.4, 0.5) is 13.2 Å². The minimum absolute atomic E-state index is 0.0190. The molecule has 1 aliphatic rings. The Balaban J connectivity index is 1.87. The topological polar surface area (TPSA) is 107 Å². The highest BCUT2D eigenvalue weighted by Crippen LogP contribution is 2.36. The maximum Gasteiger partial charge on any atom is 0.416 e. The van der Waals surface area contributed by atoms with Crippen molar-refractivity contribution in [3.05, 3.63) is 54.1 Å². The zero-order valence-electron chi connectivity index (χ0n) is 17.5. The van der Waals surface area contributed by atoms with Crippen LogP contribution in [0.1, 0.15) is 37.7 Å². The molecule has 5 atom stereocenters. The molecule has 0 aliphatic heterocycles. The lowest BCUT2D eigenvalue weighted by Crippen LogP contribution is -2.21. The van der Waals surface area contributed by atoms with Gasteiger partial charge in [0.15, 0.2) is 0 Å². The van der Waals surface area contributed by atoms with E-state index in [1.54, 1.807) is 6.08 Å². The van der Waals surface area contributed by atoms with E-state index in [9.17, 15) is 33.3 Å². The largest absolute Gasteiger partial charge is 0.491 e. The molecule has 6 nitrogen and oxygen atoms in total. The van der Waals surface area contributed by atoms with Gasteiger partial charge in [0, 0.05) is 18.8 Å². The quantitative estimate of drug-likeness (QED) is 0.298. The molecule has 1 fully saturated rings. The lowest BCUT2D eigenvalue weighted by Gasteiger charge is -2.19. The minimum atomic E-state index is -4.49. The molecular formula is C23H29F3O6. The third-order valence-corrected chi connectivity index (χ3v) is 5.39. The van der Waals surface area contributed by atoms with Crippen molar-refractivity contribution in [2.24, 2.45) is 11.8 Å². The normalized spacial score (nSPS) is 24.9. The van der Waals surface area contributed by atoms with Gasteiger partial charge in [-0.15, -0.1) is 0 Å². The van der Waals surface area contributed by atoms with Crippen LogP contribution in [-0.2, 0) is 11.0 Å². The SMILES string of the molecule is O=C(O)CCC/C=C\C[C@@H]1[C@H](/C=C/[C@@H](O)COc2cccc(C(F)(F)F)c2)[C@H](O)C[C@H]1O. The van der Waals surface area contributed by atoms with Gasteiger partial charge in [-0.2, -0.15) is 13.2 Å². The van der Waals surface area contributed by atoms with Crippen LogP contribution in [0.15, 0.2) is 48.6 Å². The molecule has 0 saturated heterocycles. The second-order valence-electron chi connectivity index (χ2n) is 7.89. The molecule has 1 aliphatic carbocycles. The van der Waals surface area contributed by atoms with Gasteiger partial charge in [0.25, 0.3) is 0 Å². The maximum absolute atomic E-state index is 12.8. The number of carboxylic acid groups (broad SMARTS) is 1. The molecule has 2 rings (SSSR count). The summed E-state index contributed by atoms with van der Waals surface area (Å²) in [6.45, 7) is -0.267. The Morgan fingerprint density at radius 2 is 1.97 bits per heavy atom. The molecule has 1 aromatic rings. The molecule has 178 valence electrons. The summed E-state index contributed by atoms with van der Waals surface area (Å²) in [4.78, 5) is 10.5. The third kappa shape index (κ3) is 8.29. The first-order chi connectivity index (χ1) is 15.1. The maximum atomic E-state index is 12.8. The van der Waals surface area contributed by atoms with Crippen molar-refractivity contribution < 1.29 is 43.1 Å². The zero-order valence-corrected chi connectivity index (χ0v) is 17.5. The van der Waals surface area contributed by atoms with Crippen LogP contribution in [0, 0.1) is 11.8 Å². The van der Waals surface area contributed by atoms with E-state index in [4.69, 9.17) is 9.84 Å². The van der Waals surface area contributed by atoms with E-state index >= 15 is 0 Å². The lowest BCUT2D eigenvalue weighted by molar-refractivity contribution is -0.138. The van der Waals surface area contributed by atoms with E-state index < -0.39 is 41.9 Å². The van der Waals surface area contributed by atoms with Crippen LogP contribution in [0.5, 0.6) is 5.75 Å². The fraction of sp³-hybridized carbons (Fsp3) is 0.522. The zero-order chi connectivity index (χ0) is 23.7. The number of rotatable bonds is 11. The molecule has 0 aromatic heterocycles. The standard InChI is InChI=1S/C23H29F3O6/c24-23(25,26)15-6-5-7-17(12-15)32-14-16(27)10-11-19-18(20(28)13-21(19)29)8-3-1-2-4-9-22(30)31/h1,3,5-7,10-12,16,18-21,27-29H,2,4,8-9,13-14H2,(H,30,31)/b3-1-,11-10+/t16-,18-,19+,20-,21-/m1/s1. The summed E-state index contributed by atoms with van der Waals surface area (Å²) in [5.41, 5.74) is -0.845. The summed E-state index contributed by atoms with van der Waals surface area (Å²) < 4.78 is 43.5. The van der Waals surface area contributed by atoms with Crippen LogP contribution >= 0.6 is 0 Å². The molecular weight excluding hydrogens is 429 g/mol. The number of allylic oxidation sites excluding steroid dienone is 2. The number of halogens is 3. The van der Waals surface area contributed by atoms with Crippen LogP contribution in [0.25, 0.3) is 0 Å². The smallest absolute Gasteiger partial charge is 0.416 e. The average Bonchev–Trinajstić information content (AvgIpc) is 2.99. The molecule has 0 amide bonds. The summed E-state index contributed by atoms with van der Waals surface area (Å²) in [6.07, 6.45) is 1.48. The Morgan fingerprint density at radius 1 is 1.22 bits per heavy atom. The molecule has 0 spiro atoms. The summed E-state index contributed by atoms with van der Waals surface area (Å²) >= 11 is 0. The Bertz CT molecular complexity index is 792. The van der Waals surface area contributed by atoms with E-state index in [1.807, 2.05) is 12.2 Å². The summed E-state index contributed by atoms with van der Waals surface area (Å²) in [5.74, 6) is -1.55. The molecule has 32 heavy (non-hydrogen) atoms. The van der Waals surface area contributed by atoms with Gasteiger partial charge in [0.2, 0.25) is 0 Å². The Hall–Kier alpha value is -2.36. The van der Waals surface area contributed by atoms with Crippen molar-refractivity contribution in [3.8, 4) is 5.75 Å². The molecule has 1 aromatic carbocycles. The first-order valence-corrected chi connectivity index (χ1v) is 10.5. The number of alkyl halides is 3. The predicted octanol–water partition coefficient (Wildman–Crippen LogP) is 3.56. The number of aliphatic carboxylic acids is 1. The molecule has 9 heteroatoms. The van der Waals surface area contributed by atoms with Crippen LogP contribution in [0.3, 0.4) is 0 Å². The number of carbonyl (C=O) groups is 1. The molecule has 1 saturated carbocycles. The van der Waals surface area contributed by atoms with E-state index in [0.29, 0.717) is 19.3 Å². The number of unbranched alkanes of at least 4 members (excludes halogenated alkanes) is 1. The fourth-order valence-corrected chi connectivity index (χ4v) is 3.70. The van der Waals surface area contributed by atoms with Gasteiger partial charge in [0.05, 0.1) is 17.8 Å². The lowest BCUT2D eigenvalue weighted by atomic mass is 9.89. The number of hydrogen-bond acceptors (Lipinski definition) is 5. The molecule has 0 heterocycles. The van der Waals surface area contributed by atoms with Crippen LogP contribution in [-0.4, -0.2) is 51.3 Å². The van der Waals surface area contributed by atoms with Crippen molar-refractivity contribution >= 4 is 5.97 Å². The summed E-state index contributed by atoms with van der Waals surface area (Å²) in [7, 11) is 0. The number of aliphatic hydroxyl groups is 3. The minimum Gasteiger partial charge on any atom is -0.491 e. The average molecular weight is 458 g/mol. The Kier molecular flexibility index (Phi) is 9.74. The number of carboxylic acids is 1. The second kappa shape index (κ2) is 12.0. The molecule has 4 N–H and O–H groups in total. The van der Waals surface area contributed by atoms with Crippen molar-refractivity contribution in [2.45, 2.75) is 56.6 Å². The van der Waals surface area contributed by atoms with Crippen LogP contribution < -0.4 is 4.74 Å². The van der Waals surface area contributed by atoms with Gasteiger partial charge in [-0.1, -0.05) is 30.4 Å². The van der Waals surface area contributed by atoms with Gasteiger partial charge in [0.1, 0.15) is 18.5 Å². The van der Waals surface area contributed by atoms with Crippen LogP contribution in [0.2, 0.25) is 0 Å². The van der Waals surface area contributed by atoms with E-state index in [-0.39, 0.29) is 31.1 Å². The first kappa shape index (κ1) is 25.9. The summed E-state index contributed by atoms with van der Waals surface area (Å²) in [6, 6.07) is 4.36. The van der Waals surface area contributed by atoms with Gasteiger partial charge in [-0.3, -0.25) is 4.79 Å². The van der Waals surface area contributed by atoms with E-state index in [0.717, 1.165) is 12.1 Å². The molecule has 0 bridgehead atoms. The highest BCUT2D eigenvalue weighted by atomic mass is 19.4. The number of benzene rings is 1. The van der Waals surface area contributed by atoms with Crippen molar-refractivity contribution in [3.63, 3.8) is 0 Å². The fourth-order valence-electron chi connectivity index (χ4n) is 3.70. The first-order valence-electron chi connectivity index (χ1n) is 10.5. The highest BCUT2D eigenvalue weighted by Gasteiger charge is 2.39. The Morgan fingerprint density at radius 3 is 2.66 bits per heavy atom. The van der Waals surface area contributed by atoms with Gasteiger partial charge >= 0.3 is 12.1 Å². The number of hydrogen-bond donors (Lipinski definition) is 4. The van der Waals surface area contributed by atoms with Gasteiger partial charge < -0.3 is 25.2 Å². The van der Waals surface area contributed by atoms with Gasteiger partial charge in [-0.25, -0.2) is 0 Å². The number of aliphatic hydroxyl groups excluding tert-OH is 3. The second-order valence-corrected chi connectivity index (χ2v) is 7.89. The van der Waals surface area contributed by atoms with Crippen molar-refractivity contribution in [2.75, 3.05) is 6.61 Å². The Labute approximate surface area is 184 Å². The third-order valence-electron chi connectivity index (χ3n) is 5.39. The van der Waals surface area contributed by atoms with Gasteiger partial charge in [-0.05, 0) is 43.4 Å². The van der Waals surface area contributed by atoms with E-state index in [2.05, 4.69) is 0 Å². The van der Waals surface area contributed by atoms with Crippen molar-refractivity contribution in [1.82, 2.24) is 0 Å².